The molecule has 1 aromatic heterocycles. The second-order valence-electron chi connectivity index (χ2n) is 7.43. The van der Waals surface area contributed by atoms with Crippen molar-refractivity contribution >= 4 is 51.9 Å². The Morgan fingerprint density at radius 1 is 0.800 bits per heavy atom. The van der Waals surface area contributed by atoms with Crippen LogP contribution in [0, 0.1) is 0 Å². The molecule has 0 amide bonds. The van der Waals surface area contributed by atoms with Crippen molar-refractivity contribution in [2.45, 2.75) is 74.6 Å². The quantitative estimate of drug-likeness (QED) is 0.121. The summed E-state index contributed by atoms with van der Waals surface area (Å²) in [6, 6.07) is 9.31. The maximum absolute atomic E-state index is 5.47. The van der Waals surface area contributed by atoms with Gasteiger partial charge in [-0.3, -0.25) is 0 Å². The molecular weight excluding hydrogens is 451 g/mol. The number of fused-ring (bicyclic) bond motifs is 1. The Bertz CT molecular complexity index is 656. The molecule has 0 fully saturated rings. The summed E-state index contributed by atoms with van der Waals surface area (Å²) >= 11 is 1.80. The fourth-order valence-electron chi connectivity index (χ4n) is 3.45. The largest absolute Gasteiger partial charge is 0.500 e. The molecule has 2 rings (SSSR count). The first-order valence-electron chi connectivity index (χ1n) is 11.0. The molecule has 0 N–H and O–H groups in total. The van der Waals surface area contributed by atoms with Crippen LogP contribution in [0.3, 0.4) is 0 Å². The summed E-state index contributed by atoms with van der Waals surface area (Å²) < 4.78 is 18.9. The zero-order valence-electron chi connectivity index (χ0n) is 18.7. The average molecular weight is 488 g/mol. The van der Waals surface area contributed by atoms with Crippen molar-refractivity contribution < 1.29 is 13.3 Å². The maximum atomic E-state index is 5.47. The SMILES string of the molecule is CO[Si](CCCCCCCCCCCCSSc1nc2ccccc2s1)(OC)OC. The topological polar surface area (TPSA) is 40.6 Å². The Labute approximate surface area is 195 Å². The first-order chi connectivity index (χ1) is 14.7. The van der Waals surface area contributed by atoms with Crippen molar-refractivity contribution in [2.24, 2.45) is 0 Å². The Morgan fingerprint density at radius 3 is 1.97 bits per heavy atom. The van der Waals surface area contributed by atoms with E-state index in [2.05, 4.69) is 29.2 Å². The third-order valence-electron chi connectivity index (χ3n) is 5.30. The number of unbranched alkanes of at least 4 members (excludes halogenated alkanes) is 9. The van der Waals surface area contributed by atoms with Crippen LogP contribution < -0.4 is 0 Å². The highest BCUT2D eigenvalue weighted by molar-refractivity contribution is 8.77. The lowest BCUT2D eigenvalue weighted by Gasteiger charge is -2.24. The van der Waals surface area contributed by atoms with Crippen LogP contribution in [0.1, 0.15) is 64.2 Å². The summed E-state index contributed by atoms with van der Waals surface area (Å²) in [7, 11) is 6.51. The molecule has 0 spiro atoms. The van der Waals surface area contributed by atoms with Gasteiger partial charge in [0.25, 0.3) is 0 Å². The van der Waals surface area contributed by atoms with Gasteiger partial charge in [-0.15, -0.1) is 11.3 Å². The van der Waals surface area contributed by atoms with Crippen LogP contribution in [0.4, 0.5) is 0 Å². The molecule has 0 unspecified atom stereocenters. The van der Waals surface area contributed by atoms with E-state index in [1.807, 2.05) is 21.6 Å². The molecule has 170 valence electrons. The molecular formula is C22H37NO3S3Si. The molecule has 0 saturated heterocycles. The lowest BCUT2D eigenvalue weighted by Crippen LogP contribution is -2.42. The second-order valence-corrected chi connectivity index (χ2v) is 14.2. The van der Waals surface area contributed by atoms with E-state index in [1.165, 1.54) is 72.6 Å². The molecule has 0 bridgehead atoms. The lowest BCUT2D eigenvalue weighted by molar-refractivity contribution is 0.122. The van der Waals surface area contributed by atoms with Crippen LogP contribution in [0.2, 0.25) is 6.04 Å². The van der Waals surface area contributed by atoms with Crippen LogP contribution in [0.5, 0.6) is 0 Å². The molecule has 0 aliphatic carbocycles. The molecule has 0 atom stereocenters. The fourth-order valence-corrected chi connectivity index (χ4v) is 8.75. The minimum atomic E-state index is -2.35. The van der Waals surface area contributed by atoms with Crippen LogP contribution >= 0.6 is 32.9 Å². The van der Waals surface area contributed by atoms with E-state index in [0.29, 0.717) is 0 Å². The van der Waals surface area contributed by atoms with Gasteiger partial charge >= 0.3 is 8.80 Å². The molecule has 0 aliphatic rings. The van der Waals surface area contributed by atoms with E-state index in [9.17, 15) is 0 Å². The highest BCUT2D eigenvalue weighted by atomic mass is 33.1. The number of thiazole rings is 1. The standard InChI is InChI=1S/C22H37NO3S3Si/c1-24-30(25-2,26-3)19-15-11-9-7-5-4-6-8-10-14-18-27-29-22-23-20-16-12-13-17-21(20)28-22/h12-13,16-17H,4-11,14-15,18-19H2,1-3H3. The molecule has 1 heterocycles. The lowest BCUT2D eigenvalue weighted by atomic mass is 10.1. The van der Waals surface area contributed by atoms with Crippen molar-refractivity contribution in [2.75, 3.05) is 27.1 Å². The van der Waals surface area contributed by atoms with Gasteiger partial charge < -0.3 is 13.3 Å². The van der Waals surface area contributed by atoms with E-state index in [1.54, 1.807) is 32.7 Å². The fraction of sp³-hybridized carbons (Fsp3) is 0.682. The number of hydrogen-bond donors (Lipinski definition) is 0. The zero-order chi connectivity index (χ0) is 21.5. The highest BCUT2D eigenvalue weighted by Gasteiger charge is 2.36. The minimum absolute atomic E-state index is 0.922. The van der Waals surface area contributed by atoms with E-state index in [4.69, 9.17) is 13.3 Å². The molecule has 4 nitrogen and oxygen atoms in total. The van der Waals surface area contributed by atoms with E-state index in [0.717, 1.165) is 18.0 Å². The van der Waals surface area contributed by atoms with Gasteiger partial charge in [0, 0.05) is 33.1 Å². The minimum Gasteiger partial charge on any atom is -0.377 e. The summed E-state index contributed by atoms with van der Waals surface area (Å²) in [6.45, 7) is 0. The number of benzene rings is 1. The molecule has 2 aromatic rings. The Kier molecular flexibility index (Phi) is 13.7. The zero-order valence-corrected chi connectivity index (χ0v) is 22.1. The van der Waals surface area contributed by atoms with Crippen molar-refractivity contribution in [3.63, 3.8) is 0 Å². The van der Waals surface area contributed by atoms with Gasteiger partial charge in [-0.05, 0) is 35.8 Å². The summed E-state index contributed by atoms with van der Waals surface area (Å²) in [6.07, 6.45) is 13.2. The third-order valence-corrected chi connectivity index (χ3v) is 11.9. The normalized spacial score (nSPS) is 12.1. The Balaban J connectivity index is 1.36. The molecule has 8 heteroatoms. The third kappa shape index (κ3) is 9.59. The number of rotatable bonds is 18. The van der Waals surface area contributed by atoms with Crippen molar-refractivity contribution in [3.8, 4) is 0 Å². The van der Waals surface area contributed by atoms with Crippen molar-refractivity contribution in [3.05, 3.63) is 24.3 Å². The van der Waals surface area contributed by atoms with Gasteiger partial charge in [0.05, 0.1) is 10.2 Å². The molecule has 0 radical (unpaired) electrons. The molecule has 1 aromatic carbocycles. The average Bonchev–Trinajstić information content (AvgIpc) is 3.20. The van der Waals surface area contributed by atoms with E-state index < -0.39 is 8.80 Å². The molecule has 0 saturated carbocycles. The van der Waals surface area contributed by atoms with Gasteiger partial charge in [-0.2, -0.15) is 0 Å². The Morgan fingerprint density at radius 2 is 1.37 bits per heavy atom. The Hall–Kier alpha value is -0.0931. The van der Waals surface area contributed by atoms with Crippen molar-refractivity contribution in [1.82, 2.24) is 4.98 Å². The maximum Gasteiger partial charge on any atom is 0.500 e. The van der Waals surface area contributed by atoms with Gasteiger partial charge in [-0.1, -0.05) is 74.3 Å². The van der Waals surface area contributed by atoms with E-state index in [-0.39, 0.29) is 0 Å². The van der Waals surface area contributed by atoms with Crippen molar-refractivity contribution in [1.29, 1.82) is 0 Å². The predicted molar refractivity (Wildman–Crippen MR) is 136 cm³/mol. The van der Waals surface area contributed by atoms with Gasteiger partial charge in [0.15, 0.2) is 4.34 Å². The molecule has 0 aliphatic heterocycles. The summed E-state index contributed by atoms with van der Waals surface area (Å²) in [5.74, 6) is 1.22. The van der Waals surface area contributed by atoms with Crippen LogP contribution in [0.15, 0.2) is 28.6 Å². The first kappa shape index (κ1) is 26.2. The first-order valence-corrected chi connectivity index (χ1v) is 16.1. The van der Waals surface area contributed by atoms with Crippen LogP contribution in [0.25, 0.3) is 10.2 Å². The van der Waals surface area contributed by atoms with Gasteiger partial charge in [0.1, 0.15) is 0 Å². The summed E-state index contributed by atoms with van der Waals surface area (Å²) in [5, 5.41) is 0. The second kappa shape index (κ2) is 15.7. The van der Waals surface area contributed by atoms with E-state index >= 15 is 0 Å². The van der Waals surface area contributed by atoms with Crippen LogP contribution in [-0.4, -0.2) is 40.9 Å². The number of para-hydroxylation sites is 1. The highest BCUT2D eigenvalue weighted by Crippen LogP contribution is 2.37. The monoisotopic (exact) mass is 487 g/mol. The van der Waals surface area contributed by atoms with Crippen LogP contribution in [-0.2, 0) is 13.3 Å². The summed E-state index contributed by atoms with van der Waals surface area (Å²) in [4.78, 5) is 4.68. The number of nitrogens with zero attached hydrogens (tertiary/aromatic N) is 1. The summed E-state index contributed by atoms with van der Waals surface area (Å²) in [5.41, 5.74) is 1.13. The number of aromatic nitrogens is 1. The predicted octanol–water partition coefficient (Wildman–Crippen LogP) is 7.82. The van der Waals surface area contributed by atoms with Gasteiger partial charge in [-0.25, -0.2) is 4.98 Å². The van der Waals surface area contributed by atoms with Gasteiger partial charge in [0.2, 0.25) is 0 Å². The number of hydrogen-bond acceptors (Lipinski definition) is 7. The smallest absolute Gasteiger partial charge is 0.377 e. The molecule has 30 heavy (non-hydrogen) atoms.